The van der Waals surface area contributed by atoms with Crippen LogP contribution < -0.4 is 25.2 Å². The molecular formula is C23H30N4O4. The SMILES string of the molecule is COc1ccc(N2CCN(c3ccc(NC(=O)NCC4(C)OCCO4)cc3)CC2)cc1. The van der Waals surface area contributed by atoms with E-state index in [0.717, 1.165) is 43.3 Å². The molecule has 2 N–H and O–H groups in total. The van der Waals surface area contributed by atoms with Gasteiger partial charge in [0.2, 0.25) is 0 Å². The molecule has 0 radical (unpaired) electrons. The summed E-state index contributed by atoms with van der Waals surface area (Å²) in [5.74, 6) is 0.133. The van der Waals surface area contributed by atoms with Gasteiger partial charge in [-0.1, -0.05) is 0 Å². The maximum absolute atomic E-state index is 12.2. The first-order valence-corrected chi connectivity index (χ1v) is 10.6. The van der Waals surface area contributed by atoms with Crippen LogP contribution in [-0.2, 0) is 9.47 Å². The molecule has 2 saturated heterocycles. The van der Waals surface area contributed by atoms with Crippen molar-refractivity contribution in [3.8, 4) is 5.75 Å². The molecule has 0 aromatic heterocycles. The number of benzene rings is 2. The number of nitrogens with zero attached hydrogens (tertiary/aromatic N) is 2. The van der Waals surface area contributed by atoms with Crippen LogP contribution in [0, 0.1) is 0 Å². The third-order valence-electron chi connectivity index (χ3n) is 5.68. The first-order valence-electron chi connectivity index (χ1n) is 10.6. The number of piperazine rings is 1. The molecule has 2 heterocycles. The van der Waals surface area contributed by atoms with Crippen LogP contribution in [0.25, 0.3) is 0 Å². The van der Waals surface area contributed by atoms with E-state index in [1.54, 1.807) is 7.11 Å². The predicted octanol–water partition coefficient (Wildman–Crippen LogP) is 2.91. The number of amides is 2. The zero-order valence-corrected chi connectivity index (χ0v) is 18.1. The van der Waals surface area contributed by atoms with Crippen LogP contribution in [0.3, 0.4) is 0 Å². The molecule has 2 aliphatic rings. The first kappa shape index (κ1) is 21.3. The van der Waals surface area contributed by atoms with E-state index in [4.69, 9.17) is 14.2 Å². The molecular weight excluding hydrogens is 396 g/mol. The van der Waals surface area contributed by atoms with Gasteiger partial charge < -0.3 is 34.6 Å². The highest BCUT2D eigenvalue weighted by Gasteiger charge is 2.31. The molecule has 0 spiro atoms. The first-order chi connectivity index (χ1) is 15.0. The van der Waals surface area contributed by atoms with E-state index in [0.29, 0.717) is 19.8 Å². The number of rotatable bonds is 6. The number of hydrogen-bond acceptors (Lipinski definition) is 6. The van der Waals surface area contributed by atoms with Gasteiger partial charge in [-0.15, -0.1) is 0 Å². The van der Waals surface area contributed by atoms with Crippen molar-refractivity contribution >= 4 is 23.1 Å². The fourth-order valence-corrected chi connectivity index (χ4v) is 3.85. The molecule has 31 heavy (non-hydrogen) atoms. The van der Waals surface area contributed by atoms with Gasteiger partial charge in [0.15, 0.2) is 5.79 Å². The maximum atomic E-state index is 12.2. The normalized spacial score (nSPS) is 18.0. The van der Waals surface area contributed by atoms with Crippen molar-refractivity contribution in [1.29, 1.82) is 0 Å². The number of hydrogen-bond donors (Lipinski definition) is 2. The molecule has 2 aromatic rings. The van der Waals surface area contributed by atoms with Crippen molar-refractivity contribution in [2.75, 3.05) is 68.2 Å². The number of ether oxygens (including phenoxy) is 3. The third kappa shape index (κ3) is 5.39. The molecule has 0 saturated carbocycles. The zero-order valence-electron chi connectivity index (χ0n) is 18.1. The zero-order chi connectivity index (χ0) is 21.7. The summed E-state index contributed by atoms with van der Waals surface area (Å²) >= 11 is 0. The van der Waals surface area contributed by atoms with Gasteiger partial charge >= 0.3 is 6.03 Å². The Morgan fingerprint density at radius 2 is 1.45 bits per heavy atom. The number of methoxy groups -OCH3 is 1. The van der Waals surface area contributed by atoms with Gasteiger partial charge in [0.1, 0.15) is 5.75 Å². The Bertz CT molecular complexity index is 858. The van der Waals surface area contributed by atoms with Crippen LogP contribution in [0.4, 0.5) is 21.9 Å². The predicted molar refractivity (Wildman–Crippen MR) is 121 cm³/mol. The van der Waals surface area contributed by atoms with Crippen LogP contribution in [0.5, 0.6) is 5.75 Å². The van der Waals surface area contributed by atoms with Crippen molar-refractivity contribution in [2.24, 2.45) is 0 Å². The smallest absolute Gasteiger partial charge is 0.319 e. The summed E-state index contributed by atoms with van der Waals surface area (Å²) in [6, 6.07) is 15.9. The van der Waals surface area contributed by atoms with Gasteiger partial charge in [-0.25, -0.2) is 4.79 Å². The molecule has 0 bridgehead atoms. The Kier molecular flexibility index (Phi) is 6.48. The summed E-state index contributed by atoms with van der Waals surface area (Å²) < 4.78 is 16.2. The van der Waals surface area contributed by atoms with E-state index >= 15 is 0 Å². The van der Waals surface area contributed by atoms with E-state index in [1.165, 1.54) is 5.69 Å². The molecule has 2 fully saturated rings. The van der Waals surface area contributed by atoms with Gasteiger partial charge in [-0.3, -0.25) is 0 Å². The lowest BCUT2D eigenvalue weighted by Gasteiger charge is -2.37. The van der Waals surface area contributed by atoms with Gasteiger partial charge in [-0.2, -0.15) is 0 Å². The van der Waals surface area contributed by atoms with Crippen LogP contribution in [-0.4, -0.2) is 64.9 Å². The van der Waals surface area contributed by atoms with Crippen molar-refractivity contribution in [1.82, 2.24) is 5.32 Å². The van der Waals surface area contributed by atoms with Gasteiger partial charge in [0.05, 0.1) is 26.9 Å². The minimum atomic E-state index is -0.741. The quantitative estimate of drug-likeness (QED) is 0.740. The Labute approximate surface area is 183 Å². The van der Waals surface area contributed by atoms with E-state index in [1.807, 2.05) is 43.3 Å². The van der Waals surface area contributed by atoms with Crippen LogP contribution in [0.2, 0.25) is 0 Å². The van der Waals surface area contributed by atoms with Crippen LogP contribution in [0.15, 0.2) is 48.5 Å². The van der Waals surface area contributed by atoms with Crippen molar-refractivity contribution in [2.45, 2.75) is 12.7 Å². The van der Waals surface area contributed by atoms with E-state index in [-0.39, 0.29) is 6.03 Å². The highest BCUT2D eigenvalue weighted by atomic mass is 16.7. The lowest BCUT2D eigenvalue weighted by molar-refractivity contribution is -0.136. The number of carbonyl (C=O) groups excluding carboxylic acids is 1. The van der Waals surface area contributed by atoms with E-state index in [2.05, 4.69) is 32.6 Å². The Morgan fingerprint density at radius 3 is 1.97 bits per heavy atom. The van der Waals surface area contributed by atoms with Crippen LogP contribution in [0.1, 0.15) is 6.92 Å². The second kappa shape index (κ2) is 9.45. The lowest BCUT2D eigenvalue weighted by atomic mass is 10.2. The molecule has 0 aliphatic carbocycles. The third-order valence-corrected chi connectivity index (χ3v) is 5.68. The topological polar surface area (TPSA) is 75.3 Å². The van der Waals surface area contributed by atoms with Gasteiger partial charge in [-0.05, 0) is 55.5 Å². The average molecular weight is 427 g/mol. The lowest BCUT2D eigenvalue weighted by Crippen LogP contribution is -2.46. The summed E-state index contributed by atoms with van der Waals surface area (Å²) in [6.45, 7) is 7.02. The molecule has 4 rings (SSSR count). The Hall–Kier alpha value is -2.97. The highest BCUT2D eigenvalue weighted by Crippen LogP contribution is 2.24. The fourth-order valence-electron chi connectivity index (χ4n) is 3.85. The van der Waals surface area contributed by atoms with E-state index in [9.17, 15) is 4.79 Å². The molecule has 8 heteroatoms. The molecule has 166 valence electrons. The maximum Gasteiger partial charge on any atom is 0.319 e. The summed E-state index contributed by atoms with van der Waals surface area (Å²) in [4.78, 5) is 16.9. The fraction of sp³-hybridized carbons (Fsp3) is 0.435. The molecule has 0 atom stereocenters. The largest absolute Gasteiger partial charge is 0.497 e. The molecule has 0 unspecified atom stereocenters. The highest BCUT2D eigenvalue weighted by molar-refractivity contribution is 5.89. The number of urea groups is 1. The summed E-state index contributed by atoms with van der Waals surface area (Å²) in [5.41, 5.74) is 3.12. The minimum absolute atomic E-state index is 0.277. The molecule has 2 aromatic carbocycles. The van der Waals surface area contributed by atoms with Gasteiger partial charge in [0.25, 0.3) is 0 Å². The second-order valence-corrected chi connectivity index (χ2v) is 7.86. The van der Waals surface area contributed by atoms with Crippen molar-refractivity contribution in [3.05, 3.63) is 48.5 Å². The standard InChI is InChI=1S/C23H30N4O4/c1-23(30-15-16-31-23)17-24-22(28)25-18-3-5-19(6-4-18)26-11-13-27(14-12-26)20-7-9-21(29-2)10-8-20/h3-10H,11-17H2,1-2H3,(H2,24,25,28). The van der Waals surface area contributed by atoms with Crippen molar-refractivity contribution < 1.29 is 19.0 Å². The Balaban J connectivity index is 1.25. The number of nitrogens with one attached hydrogen (secondary N) is 2. The number of carbonyl (C=O) groups is 1. The monoisotopic (exact) mass is 426 g/mol. The summed E-state index contributed by atoms with van der Waals surface area (Å²) in [6.07, 6.45) is 0. The second-order valence-electron chi connectivity index (χ2n) is 7.86. The van der Waals surface area contributed by atoms with E-state index < -0.39 is 5.79 Å². The minimum Gasteiger partial charge on any atom is -0.497 e. The van der Waals surface area contributed by atoms with Crippen LogP contribution >= 0.6 is 0 Å². The van der Waals surface area contributed by atoms with Crippen molar-refractivity contribution in [3.63, 3.8) is 0 Å². The van der Waals surface area contributed by atoms with Gasteiger partial charge in [0, 0.05) is 43.2 Å². The number of anilines is 3. The summed E-state index contributed by atoms with van der Waals surface area (Å²) in [7, 11) is 1.68. The average Bonchev–Trinajstić information content (AvgIpc) is 3.25. The summed E-state index contributed by atoms with van der Waals surface area (Å²) in [5, 5.41) is 5.65. The molecule has 2 aliphatic heterocycles. The Morgan fingerprint density at radius 1 is 0.935 bits per heavy atom. The molecule has 8 nitrogen and oxygen atoms in total. The molecule has 2 amide bonds.